The molecule has 4 rings (SSSR count). The molecule has 186 valence electrons. The number of thiophene rings is 2. The molecule has 1 unspecified atom stereocenters. The Bertz CT molecular complexity index is 882. The monoisotopic (exact) mass is 504 g/mol. The Morgan fingerprint density at radius 3 is 1.79 bits per heavy atom. The van der Waals surface area contributed by atoms with Crippen molar-refractivity contribution in [2.75, 3.05) is 5.75 Å². The van der Waals surface area contributed by atoms with Crippen LogP contribution in [0.25, 0.3) is 9.75 Å². The second-order valence-corrected chi connectivity index (χ2v) is 18.3. The summed E-state index contributed by atoms with van der Waals surface area (Å²) in [7, 11) is -0.981. The zero-order valence-corrected chi connectivity index (χ0v) is 25.1. The summed E-state index contributed by atoms with van der Waals surface area (Å²) in [6.07, 6.45) is 12.8. The van der Waals surface area contributed by atoms with Crippen LogP contribution in [0.4, 0.5) is 0 Å². The van der Waals surface area contributed by atoms with E-state index in [0.29, 0.717) is 0 Å². The van der Waals surface area contributed by atoms with Gasteiger partial charge in [-0.25, -0.2) is 0 Å². The number of unbranched alkanes of at least 4 members (excludes halogenated alkanes) is 1. The van der Waals surface area contributed by atoms with Gasteiger partial charge in [-0.2, -0.15) is 10.0 Å². The van der Waals surface area contributed by atoms with E-state index in [1.807, 2.05) is 9.79 Å². The van der Waals surface area contributed by atoms with Gasteiger partial charge >= 0.3 is 0 Å². The van der Waals surface area contributed by atoms with Gasteiger partial charge in [-0.15, -0.1) is 22.7 Å². The van der Waals surface area contributed by atoms with E-state index in [1.54, 1.807) is 19.5 Å². The zero-order valence-electron chi connectivity index (χ0n) is 22.6. The van der Waals surface area contributed by atoms with Crippen molar-refractivity contribution in [2.45, 2.75) is 139 Å². The van der Waals surface area contributed by atoms with Crippen molar-refractivity contribution in [2.24, 2.45) is 5.92 Å². The van der Waals surface area contributed by atoms with Gasteiger partial charge in [0.25, 0.3) is 0 Å². The van der Waals surface area contributed by atoms with Crippen LogP contribution in [0.2, 0.25) is 0 Å². The van der Waals surface area contributed by atoms with Crippen molar-refractivity contribution < 1.29 is 0 Å². The average Bonchev–Trinajstić information content (AvgIpc) is 3.44. The Kier molecular flexibility index (Phi) is 7.56. The van der Waals surface area contributed by atoms with E-state index in [9.17, 15) is 0 Å². The van der Waals surface area contributed by atoms with E-state index in [4.69, 9.17) is 0 Å². The van der Waals surface area contributed by atoms with Crippen molar-refractivity contribution in [1.82, 2.24) is 0 Å². The normalized spacial score (nSPS) is 20.5. The molecule has 0 spiro atoms. The predicted molar refractivity (Wildman–Crippen MR) is 154 cm³/mol. The Morgan fingerprint density at radius 2 is 1.36 bits per heavy atom. The fourth-order valence-corrected chi connectivity index (χ4v) is 15.1. The standard InChI is InChI=1S/C30H48S3/c1-9-11-15-21(10-2)20-33(22-16-13-12-14-17-22)23-18-25(29(3,4)5)31-27(23)28-24(33)19-26(32-28)30(6,7)8/h18-19,21-22H,9-17,20H2,1-8H3. The molecule has 0 bridgehead atoms. The van der Waals surface area contributed by atoms with Gasteiger partial charge < -0.3 is 0 Å². The lowest BCUT2D eigenvalue weighted by molar-refractivity contribution is 0.485. The van der Waals surface area contributed by atoms with E-state index in [2.05, 4.69) is 90.2 Å². The average molecular weight is 505 g/mol. The summed E-state index contributed by atoms with van der Waals surface area (Å²) in [6, 6.07) is 5.44. The highest BCUT2D eigenvalue weighted by molar-refractivity contribution is 8.34. The number of hydrogen-bond donors (Lipinski definition) is 0. The Balaban J connectivity index is 1.94. The fourth-order valence-electron chi connectivity index (χ4n) is 5.88. The first-order valence-electron chi connectivity index (χ1n) is 13.6. The first-order chi connectivity index (χ1) is 15.5. The summed E-state index contributed by atoms with van der Waals surface area (Å²) >= 11 is 4.29. The van der Waals surface area contributed by atoms with Gasteiger partial charge in [0.2, 0.25) is 0 Å². The van der Waals surface area contributed by atoms with Gasteiger partial charge in [-0.05, 0) is 59.1 Å². The first kappa shape index (κ1) is 25.8. The van der Waals surface area contributed by atoms with E-state index < -0.39 is 10.0 Å². The van der Waals surface area contributed by atoms with Crippen molar-refractivity contribution in [3.05, 3.63) is 21.9 Å². The molecular weight excluding hydrogens is 457 g/mol. The van der Waals surface area contributed by atoms with Gasteiger partial charge in [0, 0.05) is 19.5 Å². The van der Waals surface area contributed by atoms with Crippen molar-refractivity contribution in [3.8, 4) is 9.75 Å². The highest BCUT2D eigenvalue weighted by Gasteiger charge is 2.48. The maximum Gasteiger partial charge on any atom is 0.0580 e. The van der Waals surface area contributed by atoms with Crippen LogP contribution in [0.1, 0.15) is 123 Å². The molecule has 3 heteroatoms. The summed E-state index contributed by atoms with van der Waals surface area (Å²) in [5.41, 5.74) is 0.479. The molecule has 1 fully saturated rings. The van der Waals surface area contributed by atoms with E-state index >= 15 is 0 Å². The number of hydrogen-bond acceptors (Lipinski definition) is 2. The summed E-state index contributed by atoms with van der Waals surface area (Å²) in [5, 5.41) is 0.895. The summed E-state index contributed by atoms with van der Waals surface area (Å²) < 4.78 is 0. The van der Waals surface area contributed by atoms with Gasteiger partial charge in [0.05, 0.1) is 9.75 Å². The second-order valence-electron chi connectivity index (χ2n) is 12.7. The molecule has 3 heterocycles. The van der Waals surface area contributed by atoms with E-state index in [1.165, 1.54) is 63.5 Å². The van der Waals surface area contributed by atoms with E-state index in [0.717, 1.165) is 11.2 Å². The molecule has 0 saturated heterocycles. The lowest BCUT2D eigenvalue weighted by atomic mass is 9.95. The summed E-state index contributed by atoms with van der Waals surface area (Å²) in [6.45, 7) is 19.3. The molecule has 2 aromatic heterocycles. The highest BCUT2D eigenvalue weighted by atomic mass is 32.3. The second kappa shape index (κ2) is 9.66. The molecule has 33 heavy (non-hydrogen) atoms. The fraction of sp³-hybridized carbons (Fsp3) is 0.733. The van der Waals surface area contributed by atoms with Crippen LogP contribution < -0.4 is 0 Å². The van der Waals surface area contributed by atoms with Crippen LogP contribution in [-0.2, 0) is 10.8 Å². The van der Waals surface area contributed by atoms with Crippen molar-refractivity contribution >= 4 is 32.7 Å². The third-order valence-electron chi connectivity index (χ3n) is 8.03. The molecule has 2 aromatic rings. The van der Waals surface area contributed by atoms with Crippen molar-refractivity contribution in [1.29, 1.82) is 0 Å². The highest BCUT2D eigenvalue weighted by Crippen LogP contribution is 2.79. The Morgan fingerprint density at radius 1 is 0.848 bits per heavy atom. The minimum atomic E-state index is -0.981. The third-order valence-corrected chi connectivity index (χ3v) is 16.4. The molecule has 0 nitrogen and oxygen atoms in total. The molecule has 0 amide bonds. The van der Waals surface area contributed by atoms with Crippen LogP contribution in [0.5, 0.6) is 0 Å². The van der Waals surface area contributed by atoms with Crippen LogP contribution in [0.15, 0.2) is 21.9 Å². The smallest absolute Gasteiger partial charge is 0.0580 e. The molecule has 2 aliphatic rings. The molecular formula is C30H48S3. The quantitative estimate of drug-likeness (QED) is 0.351. The van der Waals surface area contributed by atoms with Gasteiger partial charge in [-0.1, -0.05) is 93.9 Å². The SMILES string of the molecule is CCCCC(CC)CS1(C2CCCCC2)c2cc(C(C)(C)C)sc2-c2sc(C(C)(C)C)cc21. The minimum absolute atomic E-state index is 0.239. The maximum absolute atomic E-state index is 2.72. The van der Waals surface area contributed by atoms with Crippen LogP contribution in [0.3, 0.4) is 0 Å². The molecule has 1 atom stereocenters. The summed E-state index contributed by atoms with van der Waals surface area (Å²) in [4.78, 5) is 10.2. The largest absolute Gasteiger partial charge is 0.182 e. The molecule has 0 N–H and O–H groups in total. The third kappa shape index (κ3) is 4.77. The lowest BCUT2D eigenvalue weighted by Gasteiger charge is -2.48. The molecule has 0 radical (unpaired) electrons. The van der Waals surface area contributed by atoms with Gasteiger partial charge in [0.1, 0.15) is 0 Å². The van der Waals surface area contributed by atoms with Gasteiger partial charge in [-0.3, -0.25) is 0 Å². The van der Waals surface area contributed by atoms with E-state index in [-0.39, 0.29) is 10.8 Å². The van der Waals surface area contributed by atoms with Crippen LogP contribution in [0, 0.1) is 5.92 Å². The molecule has 1 aliphatic carbocycles. The van der Waals surface area contributed by atoms with Gasteiger partial charge in [0.15, 0.2) is 0 Å². The number of fused-ring (bicyclic) bond motifs is 3. The molecule has 1 saturated carbocycles. The molecule has 1 aliphatic heterocycles. The Labute approximate surface area is 214 Å². The lowest BCUT2D eigenvalue weighted by Crippen LogP contribution is -2.26. The number of rotatable bonds is 7. The minimum Gasteiger partial charge on any atom is -0.182 e. The molecule has 0 aromatic carbocycles. The van der Waals surface area contributed by atoms with Crippen LogP contribution in [-0.4, -0.2) is 11.0 Å². The Hall–Kier alpha value is -0.250. The first-order valence-corrected chi connectivity index (χ1v) is 17.1. The summed E-state index contributed by atoms with van der Waals surface area (Å²) in [5.74, 6) is 2.33. The maximum atomic E-state index is 2.72. The zero-order chi connectivity index (χ0) is 24.0. The topological polar surface area (TPSA) is 0 Å². The predicted octanol–water partition coefficient (Wildman–Crippen LogP) is 11.2. The van der Waals surface area contributed by atoms with Crippen LogP contribution >= 0.6 is 32.7 Å². The van der Waals surface area contributed by atoms with Crippen molar-refractivity contribution in [3.63, 3.8) is 0 Å².